The largest absolute Gasteiger partial charge is 0.381 e. The molecular formula is C38H32F3N5O4S2. The van der Waals surface area contributed by atoms with Crippen molar-refractivity contribution in [3.05, 3.63) is 111 Å². The Hall–Kier alpha value is -5.05. The van der Waals surface area contributed by atoms with Crippen LogP contribution in [-0.4, -0.2) is 55.6 Å². The molecule has 0 saturated carbocycles. The highest BCUT2D eigenvalue weighted by atomic mass is 32.1. The lowest BCUT2D eigenvalue weighted by Gasteiger charge is -2.53. The predicted molar refractivity (Wildman–Crippen MR) is 195 cm³/mol. The molecule has 3 aromatic heterocycles. The fourth-order valence-electron chi connectivity index (χ4n) is 7.08. The Bertz CT molecular complexity index is 2220. The van der Waals surface area contributed by atoms with Crippen LogP contribution >= 0.6 is 22.7 Å². The summed E-state index contributed by atoms with van der Waals surface area (Å²) in [4.78, 5) is 50.4. The summed E-state index contributed by atoms with van der Waals surface area (Å²) in [5.74, 6) is -3.60. The molecule has 2 N–H and O–H groups in total. The number of carbonyl (C=O) groups excluding carboxylic acids is 3. The number of pyridine rings is 1. The summed E-state index contributed by atoms with van der Waals surface area (Å²) < 4.78 is 49.6. The van der Waals surface area contributed by atoms with Crippen molar-refractivity contribution in [2.45, 2.75) is 26.2 Å². The summed E-state index contributed by atoms with van der Waals surface area (Å²) in [5, 5.41) is 6.92. The first kappa shape index (κ1) is 34.1. The molecule has 0 bridgehead atoms. The first-order valence-electron chi connectivity index (χ1n) is 16.8. The van der Waals surface area contributed by atoms with Crippen LogP contribution in [0.2, 0.25) is 0 Å². The average Bonchev–Trinajstić information content (AvgIpc) is 3.74. The number of fused-ring (bicyclic) bond motifs is 3. The van der Waals surface area contributed by atoms with Gasteiger partial charge in [0.15, 0.2) is 0 Å². The molecule has 2 aromatic carbocycles. The molecule has 6 heterocycles. The maximum Gasteiger partial charge on any atom is 0.265 e. The van der Waals surface area contributed by atoms with Crippen LogP contribution in [-0.2, 0) is 11.2 Å². The smallest absolute Gasteiger partial charge is 0.265 e. The van der Waals surface area contributed by atoms with Gasteiger partial charge in [-0.15, -0.1) is 22.7 Å². The van der Waals surface area contributed by atoms with E-state index in [0.717, 1.165) is 89.6 Å². The Morgan fingerprint density at radius 2 is 1.65 bits per heavy atom. The number of rotatable bonds is 6. The second-order valence-electron chi connectivity index (χ2n) is 13.4. The average molecular weight is 744 g/mol. The van der Waals surface area contributed by atoms with Crippen LogP contribution in [0.4, 0.5) is 36.1 Å². The van der Waals surface area contributed by atoms with E-state index in [0.29, 0.717) is 23.5 Å². The SMILES string of the molecule is Cc1cnc(N2CC3(CCOCC3)C2)c(C(=O)Nc2ccc(C(=O)N3CCc4cc(C(=O)Nc5c(F)cccc5F)sc4-c4sccc43)c(F)c2)c1. The lowest BCUT2D eigenvalue weighted by Crippen LogP contribution is -2.59. The zero-order valence-electron chi connectivity index (χ0n) is 27.9. The number of ether oxygens (including phenoxy) is 1. The minimum Gasteiger partial charge on any atom is -0.381 e. The summed E-state index contributed by atoms with van der Waals surface area (Å²) in [5.41, 5.74) is 2.26. The van der Waals surface area contributed by atoms with Crippen LogP contribution in [0.5, 0.6) is 0 Å². The van der Waals surface area contributed by atoms with E-state index in [9.17, 15) is 23.2 Å². The molecule has 0 aliphatic carbocycles. The van der Waals surface area contributed by atoms with E-state index in [2.05, 4.69) is 20.5 Å². The summed E-state index contributed by atoms with van der Waals surface area (Å²) in [7, 11) is 0. The minimum absolute atomic E-state index is 0.160. The predicted octanol–water partition coefficient (Wildman–Crippen LogP) is 7.92. The van der Waals surface area contributed by atoms with Crippen molar-refractivity contribution in [3.8, 4) is 9.75 Å². The van der Waals surface area contributed by atoms with Gasteiger partial charge in [-0.05, 0) is 91.2 Å². The number of carbonyl (C=O) groups is 3. The molecule has 0 radical (unpaired) electrons. The molecule has 266 valence electrons. The van der Waals surface area contributed by atoms with Crippen molar-refractivity contribution in [2.75, 3.05) is 53.3 Å². The van der Waals surface area contributed by atoms with E-state index >= 15 is 4.39 Å². The molecule has 3 amide bonds. The molecule has 0 atom stereocenters. The molecule has 1 spiro atoms. The van der Waals surface area contributed by atoms with E-state index in [-0.39, 0.29) is 28.1 Å². The monoisotopic (exact) mass is 743 g/mol. The highest BCUT2D eigenvalue weighted by Gasteiger charge is 2.45. The van der Waals surface area contributed by atoms with Gasteiger partial charge < -0.3 is 25.2 Å². The molecule has 8 rings (SSSR count). The fourth-order valence-corrected chi connectivity index (χ4v) is 9.28. The van der Waals surface area contributed by atoms with E-state index in [4.69, 9.17) is 4.74 Å². The third-order valence-corrected chi connectivity index (χ3v) is 12.1. The number of nitrogens with one attached hydrogen (secondary N) is 2. The molecule has 52 heavy (non-hydrogen) atoms. The molecule has 3 aliphatic rings. The van der Waals surface area contributed by atoms with Crippen molar-refractivity contribution in [1.82, 2.24) is 4.98 Å². The Kier molecular flexibility index (Phi) is 8.84. The van der Waals surface area contributed by atoms with Crippen LogP contribution in [0, 0.1) is 29.8 Å². The Morgan fingerprint density at radius 1 is 0.885 bits per heavy atom. The number of hydrogen-bond donors (Lipinski definition) is 2. The summed E-state index contributed by atoms with van der Waals surface area (Å²) in [6.45, 7) is 5.11. The lowest BCUT2D eigenvalue weighted by molar-refractivity contribution is -0.000511. The maximum atomic E-state index is 15.7. The number of hydrogen-bond acceptors (Lipinski definition) is 8. The number of para-hydroxylation sites is 1. The molecule has 14 heteroatoms. The lowest BCUT2D eigenvalue weighted by atomic mass is 9.73. The first-order valence-corrected chi connectivity index (χ1v) is 18.5. The maximum absolute atomic E-state index is 15.7. The van der Waals surface area contributed by atoms with E-state index < -0.39 is 40.9 Å². The Balaban J connectivity index is 0.981. The number of amides is 3. The van der Waals surface area contributed by atoms with Gasteiger partial charge in [-0.25, -0.2) is 18.2 Å². The zero-order chi connectivity index (χ0) is 36.1. The summed E-state index contributed by atoms with van der Waals surface area (Å²) in [6, 6.07) is 12.5. The third-order valence-electron chi connectivity index (χ3n) is 9.84. The van der Waals surface area contributed by atoms with Gasteiger partial charge in [0.05, 0.1) is 31.4 Å². The van der Waals surface area contributed by atoms with Crippen molar-refractivity contribution < 1.29 is 32.3 Å². The van der Waals surface area contributed by atoms with Crippen LogP contribution in [0.1, 0.15) is 54.4 Å². The topological polar surface area (TPSA) is 104 Å². The van der Waals surface area contributed by atoms with Gasteiger partial charge in [-0.3, -0.25) is 14.4 Å². The molecule has 2 fully saturated rings. The quantitative estimate of drug-likeness (QED) is 0.183. The first-order chi connectivity index (χ1) is 25.1. The number of aryl methyl sites for hydroxylation is 1. The third kappa shape index (κ3) is 6.24. The Morgan fingerprint density at radius 3 is 2.40 bits per heavy atom. The molecule has 5 aromatic rings. The number of thiophene rings is 2. The van der Waals surface area contributed by atoms with Gasteiger partial charge in [-0.2, -0.15) is 0 Å². The van der Waals surface area contributed by atoms with Crippen molar-refractivity contribution >= 4 is 63.3 Å². The number of benzene rings is 2. The van der Waals surface area contributed by atoms with E-state index in [1.54, 1.807) is 29.8 Å². The number of nitrogens with zero attached hydrogens (tertiary/aromatic N) is 3. The number of aromatic nitrogens is 1. The zero-order valence-corrected chi connectivity index (χ0v) is 29.6. The minimum atomic E-state index is -0.882. The van der Waals surface area contributed by atoms with Crippen molar-refractivity contribution in [2.24, 2.45) is 5.41 Å². The molecule has 0 unspecified atom stereocenters. The van der Waals surface area contributed by atoms with Crippen molar-refractivity contribution in [1.29, 1.82) is 0 Å². The molecule has 2 saturated heterocycles. The second kappa shape index (κ2) is 13.5. The van der Waals surface area contributed by atoms with Crippen LogP contribution in [0.3, 0.4) is 0 Å². The summed E-state index contributed by atoms with van der Waals surface area (Å²) >= 11 is 2.53. The molecular weight excluding hydrogens is 712 g/mol. The Labute approximate surface area is 305 Å². The fraction of sp³-hybridized carbons (Fsp3) is 0.263. The van der Waals surface area contributed by atoms with Gasteiger partial charge >= 0.3 is 0 Å². The van der Waals surface area contributed by atoms with Gasteiger partial charge in [0.1, 0.15) is 29.0 Å². The van der Waals surface area contributed by atoms with Gasteiger partial charge in [0.2, 0.25) is 0 Å². The number of anilines is 4. The van der Waals surface area contributed by atoms with E-state index in [1.807, 2.05) is 6.92 Å². The molecule has 9 nitrogen and oxygen atoms in total. The second-order valence-corrected chi connectivity index (χ2v) is 15.3. The highest BCUT2D eigenvalue weighted by Crippen LogP contribution is 2.46. The van der Waals surface area contributed by atoms with E-state index in [1.165, 1.54) is 34.4 Å². The highest BCUT2D eigenvalue weighted by molar-refractivity contribution is 7.23. The van der Waals surface area contributed by atoms with Crippen molar-refractivity contribution in [3.63, 3.8) is 0 Å². The van der Waals surface area contributed by atoms with Crippen LogP contribution in [0.25, 0.3) is 9.75 Å². The molecule has 3 aliphatic heterocycles. The normalized spacial score (nSPS) is 16.1. The van der Waals surface area contributed by atoms with Gasteiger partial charge in [-0.1, -0.05) is 6.07 Å². The van der Waals surface area contributed by atoms with Gasteiger partial charge in [0.25, 0.3) is 17.7 Å². The van der Waals surface area contributed by atoms with Crippen LogP contribution < -0.4 is 20.4 Å². The number of halogens is 3. The van der Waals surface area contributed by atoms with Gasteiger partial charge in [0, 0.05) is 50.1 Å². The van der Waals surface area contributed by atoms with Crippen LogP contribution in [0.15, 0.2) is 66.2 Å². The standard InChI is InChI=1S/C38H32F3N5O4S2/c1-21-15-25(34(42-18-21)45-19-38(20-45)9-12-50-13-10-38)35(47)43-23-5-6-24(28(41)17-23)37(49)46-11-7-22-16-30(52-32(22)33-29(46)8-14-51-33)36(48)44-31-26(39)3-2-4-27(31)40/h2-6,8,14-18H,7,9-13,19-20H2,1H3,(H,43,47)(H,44,48). The summed E-state index contributed by atoms with van der Waals surface area (Å²) in [6.07, 6.45) is 4.04.